The van der Waals surface area contributed by atoms with Crippen LogP contribution in [0.15, 0.2) is 27.6 Å². The molecule has 2 atom stereocenters. The monoisotopic (exact) mass is 330 g/mol. The molecule has 1 aliphatic rings. The lowest BCUT2D eigenvalue weighted by Gasteiger charge is -2.27. The number of halogens is 1. The Bertz CT molecular complexity index is 450. The largest absolute Gasteiger partial charge is 0.478 e. The number of thioether (sulfide) groups is 1. The smallest absolute Gasteiger partial charge is 0.336 e. The van der Waals surface area contributed by atoms with Gasteiger partial charge < -0.3 is 10.2 Å². The van der Waals surface area contributed by atoms with E-state index in [9.17, 15) is 9.90 Å². The molecule has 1 aromatic rings. The highest BCUT2D eigenvalue weighted by molar-refractivity contribution is 9.10. The molecule has 5 heteroatoms. The first-order valence-electron chi connectivity index (χ1n) is 5.95. The van der Waals surface area contributed by atoms with E-state index in [1.165, 1.54) is 0 Å². The van der Waals surface area contributed by atoms with Gasteiger partial charge in [-0.3, -0.25) is 0 Å². The normalized spacial score (nSPS) is 23.9. The number of hydrogen-bond donors (Lipinski definition) is 2. The van der Waals surface area contributed by atoms with E-state index in [4.69, 9.17) is 5.11 Å². The Morgan fingerprint density at radius 3 is 2.72 bits per heavy atom. The molecule has 0 aromatic heterocycles. The lowest BCUT2D eigenvalue weighted by Crippen LogP contribution is -2.26. The topological polar surface area (TPSA) is 57.5 Å². The molecule has 2 rings (SSSR count). The molecule has 2 unspecified atom stereocenters. The maximum atomic E-state index is 11.0. The van der Waals surface area contributed by atoms with Crippen molar-refractivity contribution in [1.82, 2.24) is 0 Å². The number of rotatable bonds is 3. The first kappa shape index (κ1) is 13.9. The predicted octanol–water partition coefficient (Wildman–Crippen LogP) is 3.54. The van der Waals surface area contributed by atoms with E-state index in [0.29, 0.717) is 4.47 Å². The summed E-state index contributed by atoms with van der Waals surface area (Å²) >= 11 is 4.81. The number of benzene rings is 1. The predicted molar refractivity (Wildman–Crippen MR) is 75.2 cm³/mol. The van der Waals surface area contributed by atoms with Gasteiger partial charge in [0.25, 0.3) is 0 Å². The van der Waals surface area contributed by atoms with Gasteiger partial charge in [0.2, 0.25) is 0 Å². The first-order valence-corrected chi connectivity index (χ1v) is 7.63. The Hall–Kier alpha value is -0.520. The van der Waals surface area contributed by atoms with Crippen LogP contribution in [0.1, 0.15) is 36.0 Å². The third-order valence-electron chi connectivity index (χ3n) is 3.12. The van der Waals surface area contributed by atoms with Crippen LogP contribution in [0.2, 0.25) is 0 Å². The molecule has 0 saturated heterocycles. The van der Waals surface area contributed by atoms with Crippen molar-refractivity contribution in [2.75, 3.05) is 0 Å². The fraction of sp³-hybridized carbons (Fsp3) is 0.462. The molecule has 0 radical (unpaired) electrons. The van der Waals surface area contributed by atoms with Crippen LogP contribution >= 0.6 is 27.7 Å². The number of aliphatic hydroxyl groups excluding tert-OH is 1. The number of aromatic carboxylic acids is 1. The zero-order chi connectivity index (χ0) is 13.1. The zero-order valence-corrected chi connectivity index (χ0v) is 12.2. The van der Waals surface area contributed by atoms with E-state index in [2.05, 4.69) is 15.9 Å². The molecule has 2 N–H and O–H groups in total. The molecule has 18 heavy (non-hydrogen) atoms. The second-order valence-electron chi connectivity index (χ2n) is 4.45. The molecule has 0 heterocycles. The van der Waals surface area contributed by atoms with Gasteiger partial charge in [0, 0.05) is 14.6 Å². The molecule has 1 aliphatic carbocycles. The minimum Gasteiger partial charge on any atom is -0.478 e. The quantitative estimate of drug-likeness (QED) is 0.889. The van der Waals surface area contributed by atoms with Crippen molar-refractivity contribution in [3.8, 4) is 0 Å². The van der Waals surface area contributed by atoms with Crippen molar-refractivity contribution in [2.24, 2.45) is 0 Å². The summed E-state index contributed by atoms with van der Waals surface area (Å²) in [5, 5.41) is 19.2. The SMILES string of the molecule is O=C(O)c1cc(SC2CCCCC2O)ccc1Br. The summed E-state index contributed by atoms with van der Waals surface area (Å²) in [4.78, 5) is 11.9. The van der Waals surface area contributed by atoms with Gasteiger partial charge in [-0.2, -0.15) is 0 Å². The van der Waals surface area contributed by atoms with Crippen LogP contribution in [0.5, 0.6) is 0 Å². The summed E-state index contributed by atoms with van der Waals surface area (Å²) < 4.78 is 0.587. The van der Waals surface area contributed by atoms with Crippen LogP contribution in [0.3, 0.4) is 0 Å². The van der Waals surface area contributed by atoms with Gasteiger partial charge in [-0.05, 0) is 47.0 Å². The Kier molecular flexibility index (Phi) is 4.70. The minimum atomic E-state index is -0.937. The summed E-state index contributed by atoms with van der Waals surface area (Å²) in [5.74, 6) is -0.937. The van der Waals surface area contributed by atoms with Gasteiger partial charge in [-0.15, -0.1) is 11.8 Å². The molecule has 98 valence electrons. The third kappa shape index (κ3) is 3.28. The number of hydrogen-bond acceptors (Lipinski definition) is 3. The Balaban J connectivity index is 2.14. The van der Waals surface area contributed by atoms with Gasteiger partial charge >= 0.3 is 5.97 Å². The number of carbonyl (C=O) groups is 1. The first-order chi connectivity index (χ1) is 8.58. The summed E-state index contributed by atoms with van der Waals surface area (Å²) in [6.45, 7) is 0. The highest BCUT2D eigenvalue weighted by Crippen LogP contribution is 2.35. The van der Waals surface area contributed by atoms with Crippen molar-refractivity contribution in [1.29, 1.82) is 0 Å². The lowest BCUT2D eigenvalue weighted by molar-refractivity contribution is 0.0695. The summed E-state index contributed by atoms with van der Waals surface area (Å²) in [6.07, 6.45) is 3.78. The van der Waals surface area contributed by atoms with Gasteiger partial charge in [0.1, 0.15) is 0 Å². The lowest BCUT2D eigenvalue weighted by atomic mass is 9.97. The van der Waals surface area contributed by atoms with Crippen molar-refractivity contribution in [2.45, 2.75) is 41.9 Å². The van der Waals surface area contributed by atoms with Crippen molar-refractivity contribution < 1.29 is 15.0 Å². The maximum Gasteiger partial charge on any atom is 0.336 e. The second-order valence-corrected chi connectivity index (χ2v) is 6.62. The standard InChI is InChI=1S/C13H15BrO3S/c14-10-6-5-8(7-9(10)13(16)17)18-12-4-2-1-3-11(12)15/h5-7,11-12,15H,1-4H2,(H,16,17). The Labute approximate surface area is 119 Å². The number of carboxylic acid groups (broad SMARTS) is 1. The maximum absolute atomic E-state index is 11.0. The average molecular weight is 331 g/mol. The van der Waals surface area contributed by atoms with Crippen LogP contribution in [0, 0.1) is 0 Å². The van der Waals surface area contributed by atoms with Crippen LogP contribution in [-0.2, 0) is 0 Å². The molecule has 0 bridgehead atoms. The molecule has 1 aromatic carbocycles. The highest BCUT2D eigenvalue weighted by Gasteiger charge is 2.24. The number of aliphatic hydroxyl groups is 1. The molecule has 0 amide bonds. The van der Waals surface area contributed by atoms with Crippen LogP contribution in [0.25, 0.3) is 0 Å². The molecule has 1 fully saturated rings. The van der Waals surface area contributed by atoms with Gasteiger partial charge in [-0.25, -0.2) is 4.79 Å². The molecule has 3 nitrogen and oxygen atoms in total. The van der Waals surface area contributed by atoms with Crippen LogP contribution in [0.4, 0.5) is 0 Å². The van der Waals surface area contributed by atoms with Gasteiger partial charge in [-0.1, -0.05) is 12.8 Å². The van der Waals surface area contributed by atoms with E-state index in [1.54, 1.807) is 23.9 Å². The minimum absolute atomic E-state index is 0.182. The molecule has 0 aliphatic heterocycles. The molecular formula is C13H15BrO3S. The van der Waals surface area contributed by atoms with E-state index < -0.39 is 5.97 Å². The van der Waals surface area contributed by atoms with E-state index in [0.717, 1.165) is 30.6 Å². The second kappa shape index (κ2) is 6.08. The van der Waals surface area contributed by atoms with E-state index in [1.807, 2.05) is 6.07 Å². The summed E-state index contributed by atoms with van der Waals surface area (Å²) in [5.41, 5.74) is 0.269. The van der Waals surface area contributed by atoms with Gasteiger partial charge in [0.05, 0.1) is 11.7 Å². The molecule has 1 saturated carbocycles. The van der Waals surface area contributed by atoms with Crippen molar-refractivity contribution in [3.63, 3.8) is 0 Å². The fourth-order valence-electron chi connectivity index (χ4n) is 2.13. The zero-order valence-electron chi connectivity index (χ0n) is 9.80. The third-order valence-corrected chi connectivity index (χ3v) is 5.19. The number of carboxylic acids is 1. The fourth-order valence-corrected chi connectivity index (χ4v) is 3.81. The van der Waals surface area contributed by atoms with Crippen molar-refractivity contribution in [3.05, 3.63) is 28.2 Å². The Morgan fingerprint density at radius 1 is 1.33 bits per heavy atom. The molecule has 0 spiro atoms. The van der Waals surface area contributed by atoms with Crippen LogP contribution < -0.4 is 0 Å². The van der Waals surface area contributed by atoms with Crippen molar-refractivity contribution >= 4 is 33.7 Å². The molecular weight excluding hydrogens is 316 g/mol. The van der Waals surface area contributed by atoms with Crippen LogP contribution in [-0.4, -0.2) is 27.5 Å². The van der Waals surface area contributed by atoms with Gasteiger partial charge in [0.15, 0.2) is 0 Å². The van der Waals surface area contributed by atoms with E-state index in [-0.39, 0.29) is 16.9 Å². The highest BCUT2D eigenvalue weighted by atomic mass is 79.9. The summed E-state index contributed by atoms with van der Waals surface area (Å²) in [6, 6.07) is 5.31. The van der Waals surface area contributed by atoms with E-state index >= 15 is 0 Å². The summed E-state index contributed by atoms with van der Waals surface area (Å²) in [7, 11) is 0. The average Bonchev–Trinajstić information content (AvgIpc) is 2.34. The Morgan fingerprint density at radius 2 is 2.06 bits per heavy atom.